The second-order valence-corrected chi connectivity index (χ2v) is 4.18. The summed E-state index contributed by atoms with van der Waals surface area (Å²) in [6, 6.07) is 0.107. The van der Waals surface area contributed by atoms with Crippen LogP contribution in [0.1, 0.15) is 20.8 Å². The normalized spacial score (nSPS) is 14.2. The van der Waals surface area contributed by atoms with Crippen molar-refractivity contribution in [3.05, 3.63) is 0 Å². The number of rotatable bonds is 5. The first-order chi connectivity index (χ1) is 7.01. The number of aliphatic imine (C=N–C) groups is 1. The summed E-state index contributed by atoms with van der Waals surface area (Å²) in [6.07, 6.45) is 0. The van der Waals surface area contributed by atoms with Crippen molar-refractivity contribution in [2.75, 3.05) is 27.3 Å². The van der Waals surface area contributed by atoms with Gasteiger partial charge in [0.05, 0.1) is 12.6 Å². The quantitative estimate of drug-likeness (QED) is 0.303. The highest BCUT2D eigenvalue weighted by Gasteiger charge is 2.08. The van der Waals surface area contributed by atoms with Gasteiger partial charge in [0.15, 0.2) is 0 Å². The van der Waals surface area contributed by atoms with Gasteiger partial charge in [-0.2, -0.15) is 0 Å². The highest BCUT2D eigenvalue weighted by Crippen LogP contribution is 1.98. The third-order valence-electron chi connectivity index (χ3n) is 1.88. The molecule has 90 valence electrons. The van der Waals surface area contributed by atoms with Crippen molar-refractivity contribution >= 4 is 5.96 Å². The van der Waals surface area contributed by atoms with Gasteiger partial charge in [-0.05, 0) is 12.8 Å². The maximum atomic E-state index is 5.43. The van der Waals surface area contributed by atoms with E-state index in [1.54, 1.807) is 7.11 Å². The van der Waals surface area contributed by atoms with Crippen molar-refractivity contribution in [3.8, 4) is 0 Å². The maximum absolute atomic E-state index is 5.43. The first kappa shape index (κ1) is 14.2. The summed E-state index contributed by atoms with van der Waals surface area (Å²) in [5, 5.41) is 0. The number of nitrogens with two attached hydrogens (primary N) is 1. The van der Waals surface area contributed by atoms with Gasteiger partial charge in [0, 0.05) is 20.7 Å². The summed E-state index contributed by atoms with van der Waals surface area (Å²) < 4.78 is 5.02. The minimum absolute atomic E-state index is 0.107. The second kappa shape index (κ2) is 7.48. The summed E-state index contributed by atoms with van der Waals surface area (Å²) in [5.41, 5.74) is 2.62. The zero-order chi connectivity index (χ0) is 11.8. The highest BCUT2D eigenvalue weighted by molar-refractivity contribution is 5.79. The zero-order valence-corrected chi connectivity index (χ0v) is 10.4. The lowest BCUT2D eigenvalue weighted by molar-refractivity contribution is 0.185. The van der Waals surface area contributed by atoms with Crippen molar-refractivity contribution in [2.24, 2.45) is 16.8 Å². The van der Waals surface area contributed by atoms with Gasteiger partial charge in [-0.1, -0.05) is 13.8 Å². The smallest absolute Gasteiger partial charge is 0.208 e. The average Bonchev–Trinajstić information content (AvgIpc) is 2.13. The van der Waals surface area contributed by atoms with Crippen LogP contribution < -0.4 is 11.3 Å². The van der Waals surface area contributed by atoms with E-state index in [0.29, 0.717) is 18.5 Å². The lowest BCUT2D eigenvalue weighted by Crippen LogP contribution is -2.44. The van der Waals surface area contributed by atoms with E-state index in [2.05, 4.69) is 24.3 Å². The van der Waals surface area contributed by atoms with E-state index in [1.807, 2.05) is 18.9 Å². The molecule has 0 rings (SSSR count). The highest BCUT2D eigenvalue weighted by atomic mass is 16.5. The third kappa shape index (κ3) is 6.30. The minimum Gasteiger partial charge on any atom is -0.382 e. The fourth-order valence-electron chi connectivity index (χ4n) is 1.37. The summed E-state index contributed by atoms with van der Waals surface area (Å²) in [7, 11) is 3.64. The molecule has 1 atom stereocenters. The molecule has 0 aliphatic rings. The number of methoxy groups -OCH3 is 1. The Morgan fingerprint density at radius 3 is 2.47 bits per heavy atom. The van der Waals surface area contributed by atoms with Crippen molar-refractivity contribution in [1.29, 1.82) is 0 Å². The number of nitrogens with one attached hydrogen (secondary N) is 1. The molecule has 5 nitrogen and oxygen atoms in total. The standard InChI is InChI=1S/C10H24N4O/c1-8(2)6-14(4)10(13-11)12-9(3)7-15-5/h8-9H,6-7,11H2,1-5H3,(H,12,13). The number of hydrazine groups is 1. The largest absolute Gasteiger partial charge is 0.382 e. The SMILES string of the molecule is COCC(C)N=C(NN)N(C)CC(C)C. The number of ether oxygens (including phenoxy) is 1. The second-order valence-electron chi connectivity index (χ2n) is 4.18. The Labute approximate surface area is 92.7 Å². The van der Waals surface area contributed by atoms with Gasteiger partial charge in [0.25, 0.3) is 0 Å². The van der Waals surface area contributed by atoms with Gasteiger partial charge in [0.2, 0.25) is 5.96 Å². The average molecular weight is 216 g/mol. The maximum Gasteiger partial charge on any atom is 0.208 e. The van der Waals surface area contributed by atoms with Gasteiger partial charge in [-0.25, -0.2) is 10.8 Å². The fraction of sp³-hybridized carbons (Fsp3) is 0.900. The molecule has 0 aliphatic carbocycles. The van der Waals surface area contributed by atoms with Gasteiger partial charge < -0.3 is 9.64 Å². The van der Waals surface area contributed by atoms with Gasteiger partial charge in [0.1, 0.15) is 0 Å². The first-order valence-corrected chi connectivity index (χ1v) is 5.25. The Hall–Kier alpha value is -0.810. The molecule has 0 heterocycles. The molecule has 0 aliphatic heterocycles. The van der Waals surface area contributed by atoms with Crippen LogP contribution in [0.5, 0.6) is 0 Å². The van der Waals surface area contributed by atoms with Crippen LogP contribution in [0.2, 0.25) is 0 Å². The summed E-state index contributed by atoms with van der Waals surface area (Å²) in [4.78, 5) is 6.43. The van der Waals surface area contributed by atoms with Gasteiger partial charge in [-0.15, -0.1) is 0 Å². The van der Waals surface area contributed by atoms with Crippen molar-refractivity contribution in [1.82, 2.24) is 10.3 Å². The molecule has 5 heteroatoms. The topological polar surface area (TPSA) is 62.9 Å². The monoisotopic (exact) mass is 216 g/mol. The van der Waals surface area contributed by atoms with E-state index < -0.39 is 0 Å². The van der Waals surface area contributed by atoms with Crippen molar-refractivity contribution < 1.29 is 4.74 Å². The zero-order valence-electron chi connectivity index (χ0n) is 10.4. The molecule has 0 saturated heterocycles. The van der Waals surface area contributed by atoms with Crippen LogP contribution in [0.4, 0.5) is 0 Å². The molecule has 0 aromatic rings. The van der Waals surface area contributed by atoms with Crippen molar-refractivity contribution in [2.45, 2.75) is 26.8 Å². The molecule has 0 bridgehead atoms. The molecule has 0 radical (unpaired) electrons. The predicted molar refractivity (Wildman–Crippen MR) is 63.6 cm³/mol. The van der Waals surface area contributed by atoms with E-state index in [4.69, 9.17) is 10.6 Å². The molecular weight excluding hydrogens is 192 g/mol. The van der Waals surface area contributed by atoms with E-state index in [9.17, 15) is 0 Å². The number of hydrogen-bond donors (Lipinski definition) is 2. The Bertz CT molecular complexity index is 194. The van der Waals surface area contributed by atoms with E-state index in [-0.39, 0.29) is 6.04 Å². The molecule has 0 aromatic heterocycles. The van der Waals surface area contributed by atoms with Crippen LogP contribution >= 0.6 is 0 Å². The van der Waals surface area contributed by atoms with Crippen LogP contribution in [0.15, 0.2) is 4.99 Å². The Morgan fingerprint density at radius 2 is 2.07 bits per heavy atom. The van der Waals surface area contributed by atoms with Crippen LogP contribution in [0.3, 0.4) is 0 Å². The van der Waals surface area contributed by atoms with Crippen LogP contribution in [0.25, 0.3) is 0 Å². The fourth-order valence-corrected chi connectivity index (χ4v) is 1.37. The van der Waals surface area contributed by atoms with Crippen LogP contribution in [-0.4, -0.2) is 44.2 Å². The Kier molecular flexibility index (Phi) is 7.07. The van der Waals surface area contributed by atoms with Gasteiger partial charge in [-0.3, -0.25) is 5.43 Å². The molecular formula is C10H24N4O. The summed E-state index contributed by atoms with van der Waals surface area (Å²) >= 11 is 0. The number of nitrogens with zero attached hydrogens (tertiary/aromatic N) is 2. The lowest BCUT2D eigenvalue weighted by Gasteiger charge is -2.23. The van der Waals surface area contributed by atoms with E-state index in [0.717, 1.165) is 6.54 Å². The Balaban J connectivity index is 4.31. The summed E-state index contributed by atoms with van der Waals surface area (Å²) in [5.74, 6) is 6.71. The summed E-state index contributed by atoms with van der Waals surface area (Å²) in [6.45, 7) is 7.82. The molecule has 0 fully saturated rings. The molecule has 0 saturated carbocycles. The molecule has 0 aromatic carbocycles. The third-order valence-corrected chi connectivity index (χ3v) is 1.88. The first-order valence-electron chi connectivity index (χ1n) is 5.25. The molecule has 0 spiro atoms. The van der Waals surface area contributed by atoms with Crippen molar-refractivity contribution in [3.63, 3.8) is 0 Å². The molecule has 0 amide bonds. The molecule has 15 heavy (non-hydrogen) atoms. The van der Waals surface area contributed by atoms with Gasteiger partial charge >= 0.3 is 0 Å². The number of guanidine groups is 1. The van der Waals surface area contributed by atoms with Crippen LogP contribution in [0, 0.1) is 5.92 Å². The lowest BCUT2D eigenvalue weighted by atomic mass is 10.2. The molecule has 1 unspecified atom stereocenters. The van der Waals surface area contributed by atoms with E-state index >= 15 is 0 Å². The Morgan fingerprint density at radius 1 is 1.47 bits per heavy atom. The minimum atomic E-state index is 0.107. The van der Waals surface area contributed by atoms with Crippen LogP contribution in [-0.2, 0) is 4.74 Å². The predicted octanol–water partition coefficient (Wildman–Crippen LogP) is 0.428. The number of hydrogen-bond acceptors (Lipinski definition) is 3. The molecule has 3 N–H and O–H groups in total. The van der Waals surface area contributed by atoms with E-state index in [1.165, 1.54) is 0 Å².